The van der Waals surface area contributed by atoms with Crippen molar-refractivity contribution < 1.29 is 9.47 Å². The van der Waals surface area contributed by atoms with E-state index in [1.165, 1.54) is 0 Å². The van der Waals surface area contributed by atoms with Crippen molar-refractivity contribution in [2.45, 2.75) is 72.1 Å². The number of aliphatic imine (C=N–C) groups is 1. The Morgan fingerprint density at radius 3 is 2.56 bits per heavy atom. The van der Waals surface area contributed by atoms with Crippen LogP contribution in [0, 0.1) is 0 Å². The molecule has 0 aliphatic carbocycles. The smallest absolute Gasteiger partial charge is 0.191 e. The van der Waals surface area contributed by atoms with E-state index in [2.05, 4.69) is 55.1 Å². The third-order valence-corrected chi connectivity index (χ3v) is 4.37. The highest BCUT2D eigenvalue weighted by Gasteiger charge is 2.15. The molecule has 0 spiro atoms. The van der Waals surface area contributed by atoms with Gasteiger partial charge in [-0.2, -0.15) is 0 Å². The molecule has 1 atom stereocenters. The average Bonchev–Trinajstić information content (AvgIpc) is 3.06. The molecule has 0 aromatic rings. The summed E-state index contributed by atoms with van der Waals surface area (Å²) in [4.78, 5) is 7.16. The van der Waals surface area contributed by atoms with Crippen LogP contribution in [0.2, 0.25) is 0 Å². The third-order valence-electron chi connectivity index (χ3n) is 4.37. The van der Waals surface area contributed by atoms with Gasteiger partial charge >= 0.3 is 0 Å². The number of guanidine groups is 1. The Hall–Kier alpha value is -0.850. The molecule has 0 saturated carbocycles. The molecule has 1 heterocycles. The molecule has 0 aromatic carbocycles. The van der Waals surface area contributed by atoms with Gasteiger partial charge in [-0.05, 0) is 53.9 Å². The first-order valence-electron chi connectivity index (χ1n) is 10.0. The summed E-state index contributed by atoms with van der Waals surface area (Å²) < 4.78 is 11.1. The van der Waals surface area contributed by atoms with Crippen LogP contribution in [-0.4, -0.2) is 75.0 Å². The molecule has 6 heteroatoms. The maximum Gasteiger partial charge on any atom is 0.191 e. The number of rotatable bonds is 12. The van der Waals surface area contributed by atoms with E-state index in [4.69, 9.17) is 9.47 Å². The molecule has 1 fully saturated rings. The van der Waals surface area contributed by atoms with Crippen molar-refractivity contribution in [3.63, 3.8) is 0 Å². The summed E-state index contributed by atoms with van der Waals surface area (Å²) in [6.45, 7) is 17.2. The zero-order valence-corrected chi connectivity index (χ0v) is 17.0. The minimum Gasteiger partial charge on any atom is -0.379 e. The minimum absolute atomic E-state index is 0.292. The van der Waals surface area contributed by atoms with E-state index in [1.54, 1.807) is 0 Å². The molecule has 2 N–H and O–H groups in total. The highest BCUT2D eigenvalue weighted by Crippen LogP contribution is 2.08. The van der Waals surface area contributed by atoms with E-state index in [9.17, 15) is 0 Å². The summed E-state index contributed by atoms with van der Waals surface area (Å²) in [6, 6.07) is 1.18. The Labute approximate surface area is 154 Å². The fourth-order valence-corrected chi connectivity index (χ4v) is 3.07. The molecule has 0 radical (unpaired) electrons. The SMILES string of the molecule is CCNC(=NCCCOC1CCOC1)NCCCN(C(C)C)C(C)C. The first kappa shape index (κ1) is 22.2. The molecule has 0 amide bonds. The Morgan fingerprint density at radius 1 is 1.20 bits per heavy atom. The van der Waals surface area contributed by atoms with Crippen molar-refractivity contribution in [3.05, 3.63) is 0 Å². The van der Waals surface area contributed by atoms with E-state index < -0.39 is 0 Å². The topological polar surface area (TPSA) is 58.1 Å². The summed E-state index contributed by atoms with van der Waals surface area (Å²) in [5, 5.41) is 6.75. The highest BCUT2D eigenvalue weighted by molar-refractivity contribution is 5.79. The Balaban J connectivity index is 2.18. The van der Waals surface area contributed by atoms with Gasteiger partial charge in [0.15, 0.2) is 5.96 Å². The van der Waals surface area contributed by atoms with Gasteiger partial charge < -0.3 is 20.1 Å². The summed E-state index contributed by atoms with van der Waals surface area (Å²) in [6.07, 6.45) is 3.38. The number of nitrogens with one attached hydrogen (secondary N) is 2. The van der Waals surface area contributed by atoms with Crippen LogP contribution in [-0.2, 0) is 9.47 Å². The first-order chi connectivity index (χ1) is 12.0. The van der Waals surface area contributed by atoms with Crippen molar-refractivity contribution in [2.24, 2.45) is 4.99 Å². The third kappa shape index (κ3) is 10.0. The molecule has 1 unspecified atom stereocenters. The van der Waals surface area contributed by atoms with Gasteiger partial charge in [-0.1, -0.05) is 0 Å². The maximum absolute atomic E-state index is 5.77. The molecular formula is C19H40N4O2. The molecule has 1 aliphatic rings. The van der Waals surface area contributed by atoms with E-state index in [0.29, 0.717) is 18.2 Å². The fraction of sp³-hybridized carbons (Fsp3) is 0.947. The normalized spacial score (nSPS) is 18.6. The standard InChI is InChI=1S/C19H40N4O2/c1-6-20-19(21-10-7-12-23(16(2)3)17(4)5)22-11-8-13-25-18-9-14-24-15-18/h16-18H,6-15H2,1-5H3,(H2,20,21,22). The molecule has 1 aliphatic heterocycles. The monoisotopic (exact) mass is 356 g/mol. The second kappa shape index (κ2) is 13.4. The van der Waals surface area contributed by atoms with Gasteiger partial charge in [0.05, 0.1) is 12.7 Å². The van der Waals surface area contributed by atoms with Crippen molar-refractivity contribution >= 4 is 5.96 Å². The quantitative estimate of drug-likeness (QED) is 0.319. The van der Waals surface area contributed by atoms with Gasteiger partial charge in [0.2, 0.25) is 0 Å². The molecular weight excluding hydrogens is 316 g/mol. The lowest BCUT2D eigenvalue weighted by Gasteiger charge is -2.30. The van der Waals surface area contributed by atoms with Crippen LogP contribution < -0.4 is 10.6 Å². The van der Waals surface area contributed by atoms with Crippen LogP contribution in [0.4, 0.5) is 0 Å². The second-order valence-corrected chi connectivity index (χ2v) is 7.18. The van der Waals surface area contributed by atoms with Crippen LogP contribution in [0.3, 0.4) is 0 Å². The average molecular weight is 357 g/mol. The lowest BCUT2D eigenvalue weighted by Crippen LogP contribution is -2.41. The van der Waals surface area contributed by atoms with Crippen molar-refractivity contribution in [1.82, 2.24) is 15.5 Å². The largest absolute Gasteiger partial charge is 0.379 e. The molecule has 0 bridgehead atoms. The fourth-order valence-electron chi connectivity index (χ4n) is 3.07. The number of hydrogen-bond acceptors (Lipinski definition) is 4. The van der Waals surface area contributed by atoms with Crippen molar-refractivity contribution in [2.75, 3.05) is 46.0 Å². The van der Waals surface area contributed by atoms with Crippen LogP contribution in [0.25, 0.3) is 0 Å². The van der Waals surface area contributed by atoms with E-state index in [0.717, 1.165) is 71.2 Å². The number of nitrogens with zero attached hydrogens (tertiary/aromatic N) is 2. The molecule has 0 aromatic heterocycles. The van der Waals surface area contributed by atoms with Crippen LogP contribution in [0.1, 0.15) is 53.9 Å². The van der Waals surface area contributed by atoms with Gasteiger partial charge in [-0.15, -0.1) is 0 Å². The predicted molar refractivity (Wildman–Crippen MR) is 105 cm³/mol. The van der Waals surface area contributed by atoms with Gasteiger partial charge in [0, 0.05) is 51.5 Å². The zero-order valence-electron chi connectivity index (χ0n) is 17.0. The van der Waals surface area contributed by atoms with E-state index >= 15 is 0 Å². The van der Waals surface area contributed by atoms with Gasteiger partial charge in [0.25, 0.3) is 0 Å². The summed E-state index contributed by atoms with van der Waals surface area (Å²) >= 11 is 0. The molecule has 1 saturated heterocycles. The summed E-state index contributed by atoms with van der Waals surface area (Å²) in [5.41, 5.74) is 0. The van der Waals surface area contributed by atoms with E-state index in [1.807, 2.05) is 0 Å². The Morgan fingerprint density at radius 2 is 1.96 bits per heavy atom. The van der Waals surface area contributed by atoms with Crippen molar-refractivity contribution in [1.29, 1.82) is 0 Å². The van der Waals surface area contributed by atoms with Gasteiger partial charge in [-0.3, -0.25) is 9.89 Å². The maximum atomic E-state index is 5.77. The second-order valence-electron chi connectivity index (χ2n) is 7.18. The van der Waals surface area contributed by atoms with Gasteiger partial charge in [-0.25, -0.2) is 0 Å². The van der Waals surface area contributed by atoms with Crippen LogP contribution >= 0.6 is 0 Å². The van der Waals surface area contributed by atoms with Crippen LogP contribution in [0.15, 0.2) is 4.99 Å². The predicted octanol–water partition coefficient (Wildman–Crippen LogP) is 2.25. The minimum atomic E-state index is 0.292. The Kier molecular flexibility index (Phi) is 11.9. The summed E-state index contributed by atoms with van der Waals surface area (Å²) in [5.74, 6) is 0.910. The molecule has 1 rings (SSSR count). The van der Waals surface area contributed by atoms with Crippen LogP contribution in [0.5, 0.6) is 0 Å². The Bertz CT molecular complexity index is 347. The zero-order chi connectivity index (χ0) is 18.5. The first-order valence-corrected chi connectivity index (χ1v) is 10.0. The highest BCUT2D eigenvalue weighted by atomic mass is 16.5. The summed E-state index contributed by atoms with van der Waals surface area (Å²) in [7, 11) is 0. The number of ether oxygens (including phenoxy) is 2. The molecule has 25 heavy (non-hydrogen) atoms. The van der Waals surface area contributed by atoms with Crippen molar-refractivity contribution in [3.8, 4) is 0 Å². The molecule has 148 valence electrons. The number of hydrogen-bond donors (Lipinski definition) is 2. The molecule has 6 nitrogen and oxygen atoms in total. The van der Waals surface area contributed by atoms with E-state index in [-0.39, 0.29) is 0 Å². The lowest BCUT2D eigenvalue weighted by atomic mass is 10.2. The van der Waals surface area contributed by atoms with Gasteiger partial charge in [0.1, 0.15) is 0 Å². The lowest BCUT2D eigenvalue weighted by molar-refractivity contribution is 0.0424.